The molecule has 94 valence electrons. The summed E-state index contributed by atoms with van der Waals surface area (Å²) in [6.07, 6.45) is -0.104. The first-order valence-electron chi connectivity index (χ1n) is 5.93. The molecule has 0 amide bonds. The third-order valence-corrected chi connectivity index (χ3v) is 2.98. The van der Waals surface area contributed by atoms with E-state index < -0.39 is 11.4 Å². The summed E-state index contributed by atoms with van der Waals surface area (Å²) in [7, 11) is 0. The van der Waals surface area contributed by atoms with E-state index in [1.54, 1.807) is 13.8 Å². The number of ether oxygens (including phenoxy) is 2. The molecule has 1 atom stereocenters. The van der Waals surface area contributed by atoms with E-state index in [0.29, 0.717) is 6.61 Å². The van der Waals surface area contributed by atoms with Gasteiger partial charge in [0, 0.05) is 0 Å². The highest BCUT2D eigenvalue weighted by Crippen LogP contribution is 2.37. The molecule has 3 heteroatoms. The average Bonchev–Trinajstić information content (AvgIpc) is 2.58. The topological polar surface area (TPSA) is 38.7 Å². The van der Waals surface area contributed by atoms with Crippen LogP contribution in [0.25, 0.3) is 0 Å². The third kappa shape index (κ3) is 2.68. The Kier molecular flexibility index (Phi) is 3.02. The summed E-state index contributed by atoms with van der Waals surface area (Å²) < 4.78 is 11.4. The van der Waals surface area contributed by atoms with Gasteiger partial charge < -0.3 is 14.6 Å². The van der Waals surface area contributed by atoms with Crippen molar-refractivity contribution in [2.75, 3.05) is 6.61 Å². The molecule has 0 aliphatic carbocycles. The van der Waals surface area contributed by atoms with Crippen LogP contribution in [-0.2, 0) is 15.1 Å². The van der Waals surface area contributed by atoms with Gasteiger partial charge in [-0.1, -0.05) is 24.3 Å². The molecule has 0 saturated carbocycles. The second-order valence-corrected chi connectivity index (χ2v) is 5.46. The van der Waals surface area contributed by atoms with Crippen LogP contribution in [0.15, 0.2) is 24.3 Å². The molecule has 1 unspecified atom stereocenters. The van der Waals surface area contributed by atoms with Gasteiger partial charge in [-0.25, -0.2) is 0 Å². The van der Waals surface area contributed by atoms with E-state index in [2.05, 4.69) is 0 Å². The highest BCUT2D eigenvalue weighted by Gasteiger charge is 2.36. The number of rotatable bonds is 2. The molecule has 0 bridgehead atoms. The molecule has 1 saturated heterocycles. The molecule has 17 heavy (non-hydrogen) atoms. The predicted octanol–water partition coefficient (Wildman–Crippen LogP) is 2.74. The Hall–Kier alpha value is -0.900. The van der Waals surface area contributed by atoms with E-state index in [-0.39, 0.29) is 6.10 Å². The van der Waals surface area contributed by atoms with Crippen LogP contribution in [0, 0.1) is 0 Å². The van der Waals surface area contributed by atoms with Gasteiger partial charge in [0.05, 0.1) is 12.2 Å². The van der Waals surface area contributed by atoms with Crippen molar-refractivity contribution >= 4 is 0 Å². The first-order valence-corrected chi connectivity index (χ1v) is 5.93. The van der Waals surface area contributed by atoms with Gasteiger partial charge in [0.15, 0.2) is 5.79 Å². The third-order valence-electron chi connectivity index (χ3n) is 2.98. The molecule has 1 N–H and O–H groups in total. The fourth-order valence-electron chi connectivity index (χ4n) is 2.18. The molecular weight excluding hydrogens is 216 g/mol. The minimum atomic E-state index is -0.868. The molecule has 3 nitrogen and oxygen atoms in total. The number of benzene rings is 1. The zero-order chi connectivity index (χ0) is 12.7. The van der Waals surface area contributed by atoms with Crippen molar-refractivity contribution in [3.8, 4) is 0 Å². The van der Waals surface area contributed by atoms with Crippen LogP contribution in [0.3, 0.4) is 0 Å². The lowest BCUT2D eigenvalue weighted by Crippen LogP contribution is -2.22. The van der Waals surface area contributed by atoms with Gasteiger partial charge in [0.1, 0.15) is 6.10 Å². The predicted molar refractivity (Wildman–Crippen MR) is 65.5 cm³/mol. The fraction of sp³-hybridized carbons (Fsp3) is 0.571. The van der Waals surface area contributed by atoms with Crippen LogP contribution in [0.5, 0.6) is 0 Å². The van der Waals surface area contributed by atoms with E-state index in [4.69, 9.17) is 9.47 Å². The van der Waals surface area contributed by atoms with E-state index in [9.17, 15) is 5.11 Å². The van der Waals surface area contributed by atoms with Crippen molar-refractivity contribution in [3.63, 3.8) is 0 Å². The molecule has 1 aliphatic heterocycles. The Morgan fingerprint density at radius 2 is 1.94 bits per heavy atom. The van der Waals surface area contributed by atoms with Gasteiger partial charge in [-0.05, 0) is 38.8 Å². The Balaban J connectivity index is 2.34. The number of aliphatic hydroxyl groups is 1. The van der Waals surface area contributed by atoms with Gasteiger partial charge in [-0.3, -0.25) is 0 Å². The van der Waals surface area contributed by atoms with Gasteiger partial charge in [-0.15, -0.1) is 0 Å². The molecular formula is C14H20O3. The van der Waals surface area contributed by atoms with Crippen molar-refractivity contribution < 1.29 is 14.6 Å². The van der Waals surface area contributed by atoms with Crippen LogP contribution in [0.4, 0.5) is 0 Å². The zero-order valence-electron chi connectivity index (χ0n) is 10.9. The molecule has 1 heterocycles. The van der Waals surface area contributed by atoms with Crippen LogP contribution >= 0.6 is 0 Å². The Morgan fingerprint density at radius 1 is 1.29 bits per heavy atom. The van der Waals surface area contributed by atoms with E-state index in [0.717, 1.165) is 11.1 Å². The van der Waals surface area contributed by atoms with Crippen molar-refractivity contribution in [1.29, 1.82) is 0 Å². The molecule has 0 radical (unpaired) electrons. The summed E-state index contributed by atoms with van der Waals surface area (Å²) in [5, 5.41) is 10.2. The molecule has 2 rings (SSSR count). The monoisotopic (exact) mass is 236 g/mol. The van der Waals surface area contributed by atoms with Crippen LogP contribution in [-0.4, -0.2) is 17.5 Å². The Morgan fingerprint density at radius 3 is 2.47 bits per heavy atom. The van der Waals surface area contributed by atoms with E-state index in [1.165, 1.54) is 0 Å². The molecule has 0 aromatic heterocycles. The summed E-state index contributed by atoms with van der Waals surface area (Å²) in [5.74, 6) is -0.544. The van der Waals surface area contributed by atoms with Crippen molar-refractivity contribution in [1.82, 2.24) is 0 Å². The lowest BCUT2D eigenvalue weighted by Gasteiger charge is -2.24. The first-order chi connectivity index (χ1) is 7.80. The Bertz CT molecular complexity index is 404. The standard InChI is InChI=1S/C14H20O3/c1-13(2,15)11-8-6-5-7-10(11)12-9-16-14(3,4)17-12/h5-8,12,15H,9H2,1-4H3. The summed E-state index contributed by atoms with van der Waals surface area (Å²) in [6.45, 7) is 7.90. The highest BCUT2D eigenvalue weighted by molar-refractivity contribution is 5.33. The molecule has 1 aliphatic rings. The van der Waals surface area contributed by atoms with E-state index >= 15 is 0 Å². The fourth-order valence-corrected chi connectivity index (χ4v) is 2.18. The van der Waals surface area contributed by atoms with E-state index in [1.807, 2.05) is 38.1 Å². The lowest BCUT2D eigenvalue weighted by atomic mass is 9.91. The second kappa shape index (κ2) is 4.09. The molecule has 1 aromatic rings. The maximum Gasteiger partial charge on any atom is 0.163 e. The summed E-state index contributed by atoms with van der Waals surface area (Å²) in [5.41, 5.74) is 1.03. The minimum Gasteiger partial charge on any atom is -0.386 e. The smallest absolute Gasteiger partial charge is 0.163 e. The largest absolute Gasteiger partial charge is 0.386 e. The number of hydrogen-bond acceptors (Lipinski definition) is 3. The van der Waals surface area contributed by atoms with Crippen molar-refractivity contribution in [2.45, 2.75) is 45.2 Å². The maximum absolute atomic E-state index is 10.2. The minimum absolute atomic E-state index is 0.104. The zero-order valence-corrected chi connectivity index (χ0v) is 10.9. The van der Waals surface area contributed by atoms with Crippen molar-refractivity contribution in [3.05, 3.63) is 35.4 Å². The highest BCUT2D eigenvalue weighted by atomic mass is 16.7. The SMILES string of the molecule is CC1(C)OCC(c2ccccc2C(C)(C)O)O1. The van der Waals surface area contributed by atoms with Crippen molar-refractivity contribution in [2.24, 2.45) is 0 Å². The quantitative estimate of drug-likeness (QED) is 0.858. The summed E-state index contributed by atoms with van der Waals surface area (Å²) in [4.78, 5) is 0. The Labute approximate surface area is 102 Å². The summed E-state index contributed by atoms with van der Waals surface area (Å²) >= 11 is 0. The van der Waals surface area contributed by atoms with Crippen LogP contribution < -0.4 is 0 Å². The van der Waals surface area contributed by atoms with Crippen LogP contribution in [0.1, 0.15) is 44.9 Å². The van der Waals surface area contributed by atoms with Gasteiger partial charge in [-0.2, -0.15) is 0 Å². The average molecular weight is 236 g/mol. The number of hydrogen-bond donors (Lipinski definition) is 1. The van der Waals surface area contributed by atoms with Gasteiger partial charge in [0.2, 0.25) is 0 Å². The summed E-state index contributed by atoms with van der Waals surface area (Å²) in [6, 6.07) is 7.81. The lowest BCUT2D eigenvalue weighted by molar-refractivity contribution is -0.139. The maximum atomic E-state index is 10.2. The molecule has 1 fully saturated rings. The molecule has 0 spiro atoms. The second-order valence-electron chi connectivity index (χ2n) is 5.46. The molecule has 1 aromatic carbocycles. The van der Waals surface area contributed by atoms with Gasteiger partial charge in [0.25, 0.3) is 0 Å². The van der Waals surface area contributed by atoms with Gasteiger partial charge >= 0.3 is 0 Å². The first kappa shape index (κ1) is 12.6. The normalized spacial score (nSPS) is 23.9. The van der Waals surface area contributed by atoms with Crippen LogP contribution in [0.2, 0.25) is 0 Å².